The van der Waals surface area contributed by atoms with Crippen molar-refractivity contribution < 1.29 is 4.79 Å². The van der Waals surface area contributed by atoms with Crippen molar-refractivity contribution in [2.24, 2.45) is 11.7 Å². The Morgan fingerprint density at radius 3 is 2.75 bits per heavy atom. The second-order valence-corrected chi connectivity index (χ2v) is 5.09. The average molecular weight is 271 g/mol. The number of aromatic nitrogens is 1. The van der Waals surface area contributed by atoms with Crippen LogP contribution in [0.5, 0.6) is 0 Å². The average Bonchev–Trinajstić information content (AvgIpc) is 2.74. The molecule has 106 valence electrons. The maximum Gasteiger partial charge on any atom is 0.228 e. The van der Waals surface area contributed by atoms with Crippen molar-refractivity contribution in [1.82, 2.24) is 4.98 Å². The van der Waals surface area contributed by atoms with Crippen LogP contribution in [0.2, 0.25) is 0 Å². The van der Waals surface area contributed by atoms with Gasteiger partial charge in [0.2, 0.25) is 5.91 Å². The monoisotopic (exact) mass is 271 g/mol. The molecule has 0 saturated heterocycles. The highest BCUT2D eigenvalue weighted by Gasteiger charge is 2.20. The summed E-state index contributed by atoms with van der Waals surface area (Å²) >= 11 is 0. The summed E-state index contributed by atoms with van der Waals surface area (Å²) in [5.41, 5.74) is 5.97. The van der Waals surface area contributed by atoms with Gasteiger partial charge in [-0.3, -0.25) is 4.79 Å². The van der Waals surface area contributed by atoms with E-state index in [4.69, 9.17) is 5.73 Å². The van der Waals surface area contributed by atoms with Gasteiger partial charge in [0.05, 0.1) is 6.54 Å². The predicted molar refractivity (Wildman–Crippen MR) is 80.0 cm³/mol. The van der Waals surface area contributed by atoms with E-state index in [0.717, 1.165) is 25.7 Å². The predicted octanol–water partition coefficient (Wildman–Crippen LogP) is 2.30. The van der Waals surface area contributed by atoms with Crippen molar-refractivity contribution in [2.45, 2.75) is 38.5 Å². The Hall–Kier alpha value is -1.86. The number of amides is 1. The smallest absolute Gasteiger partial charge is 0.228 e. The summed E-state index contributed by atoms with van der Waals surface area (Å²) in [5, 5.41) is 2.91. The van der Waals surface area contributed by atoms with Crippen molar-refractivity contribution in [3.63, 3.8) is 0 Å². The first kappa shape index (κ1) is 14.5. The van der Waals surface area contributed by atoms with E-state index in [0.29, 0.717) is 18.1 Å². The minimum Gasteiger partial charge on any atom is -0.320 e. The van der Waals surface area contributed by atoms with Crippen LogP contribution in [0, 0.1) is 17.8 Å². The van der Waals surface area contributed by atoms with Crippen LogP contribution in [-0.2, 0) is 4.79 Å². The molecule has 4 nitrogen and oxygen atoms in total. The molecule has 1 aliphatic carbocycles. The normalized spacial score (nSPS) is 15.8. The first-order chi connectivity index (χ1) is 9.79. The number of hydrogen-bond donors (Lipinski definition) is 2. The van der Waals surface area contributed by atoms with Gasteiger partial charge >= 0.3 is 0 Å². The molecule has 0 bridgehead atoms. The third-order valence-electron chi connectivity index (χ3n) is 3.54. The molecule has 1 saturated carbocycles. The molecule has 3 N–H and O–H groups in total. The zero-order chi connectivity index (χ0) is 14.2. The van der Waals surface area contributed by atoms with Gasteiger partial charge in [0, 0.05) is 5.92 Å². The SMILES string of the molecule is NCC#Cc1cccc(NC(=O)C2CCCCCC2)n1. The fourth-order valence-corrected chi connectivity index (χ4v) is 2.49. The van der Waals surface area contributed by atoms with Crippen LogP contribution in [0.25, 0.3) is 0 Å². The fourth-order valence-electron chi connectivity index (χ4n) is 2.49. The van der Waals surface area contributed by atoms with Crippen LogP contribution in [0.3, 0.4) is 0 Å². The second-order valence-electron chi connectivity index (χ2n) is 5.09. The van der Waals surface area contributed by atoms with E-state index in [-0.39, 0.29) is 11.8 Å². The number of rotatable bonds is 2. The molecule has 0 spiro atoms. The Labute approximate surface area is 120 Å². The summed E-state index contributed by atoms with van der Waals surface area (Å²) in [6.45, 7) is 0.306. The van der Waals surface area contributed by atoms with E-state index < -0.39 is 0 Å². The zero-order valence-corrected chi connectivity index (χ0v) is 11.7. The molecule has 1 aliphatic rings. The molecule has 0 aliphatic heterocycles. The molecule has 4 heteroatoms. The molecule has 0 radical (unpaired) electrons. The lowest BCUT2D eigenvalue weighted by molar-refractivity contribution is -0.120. The lowest BCUT2D eigenvalue weighted by Gasteiger charge is -2.13. The lowest BCUT2D eigenvalue weighted by Crippen LogP contribution is -2.22. The summed E-state index contributed by atoms with van der Waals surface area (Å²) in [7, 11) is 0. The molecular formula is C16H21N3O. The highest BCUT2D eigenvalue weighted by molar-refractivity contribution is 5.91. The first-order valence-electron chi connectivity index (χ1n) is 7.26. The van der Waals surface area contributed by atoms with Crippen LogP contribution in [-0.4, -0.2) is 17.4 Å². The highest BCUT2D eigenvalue weighted by Crippen LogP contribution is 2.23. The minimum atomic E-state index is 0.0864. The highest BCUT2D eigenvalue weighted by atomic mass is 16.1. The molecule has 2 rings (SSSR count). The van der Waals surface area contributed by atoms with Gasteiger partial charge < -0.3 is 11.1 Å². The number of anilines is 1. The van der Waals surface area contributed by atoms with Crippen molar-refractivity contribution in [3.8, 4) is 11.8 Å². The zero-order valence-electron chi connectivity index (χ0n) is 11.7. The maximum atomic E-state index is 12.2. The van der Waals surface area contributed by atoms with Crippen molar-refractivity contribution in [3.05, 3.63) is 23.9 Å². The molecule has 1 fully saturated rings. The number of hydrogen-bond acceptors (Lipinski definition) is 3. The van der Waals surface area contributed by atoms with Crippen molar-refractivity contribution >= 4 is 11.7 Å². The molecule has 1 heterocycles. The van der Waals surface area contributed by atoms with Gasteiger partial charge in [-0.05, 0) is 30.9 Å². The molecule has 1 aromatic heterocycles. The summed E-state index contributed by atoms with van der Waals surface area (Å²) < 4.78 is 0. The number of nitrogens with two attached hydrogens (primary N) is 1. The van der Waals surface area contributed by atoms with Crippen LogP contribution in [0.1, 0.15) is 44.2 Å². The second kappa shape index (κ2) is 7.66. The first-order valence-corrected chi connectivity index (χ1v) is 7.26. The van der Waals surface area contributed by atoms with E-state index in [1.807, 2.05) is 12.1 Å². The molecule has 0 unspecified atom stereocenters. The Morgan fingerprint density at radius 1 is 1.30 bits per heavy atom. The number of nitrogens with one attached hydrogen (secondary N) is 1. The van der Waals surface area contributed by atoms with Crippen molar-refractivity contribution in [2.75, 3.05) is 11.9 Å². The number of carbonyl (C=O) groups is 1. The summed E-state index contributed by atoms with van der Waals surface area (Å²) in [4.78, 5) is 16.5. The fraction of sp³-hybridized carbons (Fsp3) is 0.500. The van der Waals surface area contributed by atoms with Gasteiger partial charge in [-0.25, -0.2) is 4.98 Å². The summed E-state index contributed by atoms with van der Waals surface area (Å²) in [6.07, 6.45) is 6.75. The van der Waals surface area contributed by atoms with Crippen molar-refractivity contribution in [1.29, 1.82) is 0 Å². The van der Waals surface area contributed by atoms with E-state index in [1.54, 1.807) is 6.07 Å². The third kappa shape index (κ3) is 4.36. The number of nitrogens with zero attached hydrogens (tertiary/aromatic N) is 1. The quantitative estimate of drug-likeness (QED) is 0.640. The molecule has 0 atom stereocenters. The Morgan fingerprint density at radius 2 is 2.05 bits per heavy atom. The largest absolute Gasteiger partial charge is 0.320 e. The third-order valence-corrected chi connectivity index (χ3v) is 3.54. The van der Waals surface area contributed by atoms with Gasteiger partial charge in [0.1, 0.15) is 11.5 Å². The number of pyridine rings is 1. The van der Waals surface area contributed by atoms with Crippen LogP contribution in [0.4, 0.5) is 5.82 Å². The minimum absolute atomic E-state index is 0.0864. The van der Waals surface area contributed by atoms with E-state index in [2.05, 4.69) is 22.1 Å². The maximum absolute atomic E-state index is 12.2. The van der Waals surface area contributed by atoms with Crippen LogP contribution >= 0.6 is 0 Å². The standard InChI is InChI=1S/C16H21N3O/c17-12-6-10-14-9-5-11-15(18-14)19-16(20)13-7-3-1-2-4-8-13/h5,9,11,13H,1-4,7-8,12,17H2,(H,18,19,20). The molecule has 0 aromatic carbocycles. The van der Waals surface area contributed by atoms with E-state index >= 15 is 0 Å². The molecular weight excluding hydrogens is 250 g/mol. The van der Waals surface area contributed by atoms with Crippen LogP contribution < -0.4 is 11.1 Å². The van der Waals surface area contributed by atoms with Gasteiger partial charge in [-0.1, -0.05) is 37.7 Å². The van der Waals surface area contributed by atoms with Gasteiger partial charge in [-0.2, -0.15) is 0 Å². The number of carbonyl (C=O) groups excluding carboxylic acids is 1. The Balaban J connectivity index is 1.99. The topological polar surface area (TPSA) is 68.0 Å². The van der Waals surface area contributed by atoms with E-state index in [9.17, 15) is 4.79 Å². The van der Waals surface area contributed by atoms with Gasteiger partial charge in [-0.15, -0.1) is 0 Å². The summed E-state index contributed by atoms with van der Waals surface area (Å²) in [5.74, 6) is 6.41. The van der Waals surface area contributed by atoms with E-state index in [1.165, 1.54) is 12.8 Å². The van der Waals surface area contributed by atoms with Crippen LogP contribution in [0.15, 0.2) is 18.2 Å². The Kier molecular flexibility index (Phi) is 5.57. The lowest BCUT2D eigenvalue weighted by atomic mass is 9.99. The molecule has 20 heavy (non-hydrogen) atoms. The van der Waals surface area contributed by atoms with Gasteiger partial charge in [0.15, 0.2) is 0 Å². The summed E-state index contributed by atoms with van der Waals surface area (Å²) in [6, 6.07) is 5.45. The molecule has 1 aromatic rings. The Bertz CT molecular complexity index is 508. The molecule has 1 amide bonds. The van der Waals surface area contributed by atoms with Gasteiger partial charge in [0.25, 0.3) is 0 Å².